The Hall–Kier alpha value is -1.33. The van der Waals surface area contributed by atoms with Crippen molar-refractivity contribution in [2.45, 2.75) is 26.4 Å². The Kier molecular flexibility index (Phi) is 4.38. The zero-order valence-corrected chi connectivity index (χ0v) is 10.6. The SMILES string of the molecule is Cc1oc(COCC2CCCNC2)cc1C(=O)O. The number of carboxylic acid groups (broad SMARTS) is 1. The molecular weight excluding hydrogens is 234 g/mol. The molecule has 5 nitrogen and oxygen atoms in total. The van der Waals surface area contributed by atoms with Crippen LogP contribution in [0.4, 0.5) is 0 Å². The minimum absolute atomic E-state index is 0.216. The van der Waals surface area contributed by atoms with E-state index in [1.54, 1.807) is 6.92 Å². The van der Waals surface area contributed by atoms with Crippen LogP contribution < -0.4 is 5.32 Å². The normalized spacial score (nSPS) is 19.9. The highest BCUT2D eigenvalue weighted by Gasteiger charge is 2.15. The molecule has 2 N–H and O–H groups in total. The molecule has 0 aliphatic carbocycles. The fourth-order valence-electron chi connectivity index (χ4n) is 2.22. The van der Waals surface area contributed by atoms with E-state index < -0.39 is 5.97 Å². The molecule has 18 heavy (non-hydrogen) atoms. The number of furan rings is 1. The number of aromatic carboxylic acids is 1. The predicted molar refractivity (Wildman–Crippen MR) is 65.7 cm³/mol. The van der Waals surface area contributed by atoms with Gasteiger partial charge in [0, 0.05) is 6.54 Å². The molecule has 2 rings (SSSR count). The third-order valence-electron chi connectivity index (χ3n) is 3.20. The number of hydrogen-bond acceptors (Lipinski definition) is 4. The van der Waals surface area contributed by atoms with Gasteiger partial charge in [0.05, 0.1) is 6.61 Å². The van der Waals surface area contributed by atoms with Crippen LogP contribution in [0.5, 0.6) is 0 Å². The summed E-state index contributed by atoms with van der Waals surface area (Å²) in [6.07, 6.45) is 2.38. The molecule has 0 spiro atoms. The van der Waals surface area contributed by atoms with Crippen molar-refractivity contribution in [1.82, 2.24) is 5.32 Å². The van der Waals surface area contributed by atoms with Crippen molar-refractivity contribution >= 4 is 5.97 Å². The van der Waals surface area contributed by atoms with Crippen LogP contribution in [0.15, 0.2) is 10.5 Å². The molecule has 1 unspecified atom stereocenters. The van der Waals surface area contributed by atoms with E-state index in [9.17, 15) is 4.79 Å². The van der Waals surface area contributed by atoms with Crippen molar-refractivity contribution in [1.29, 1.82) is 0 Å². The molecule has 100 valence electrons. The number of carbonyl (C=O) groups is 1. The maximum atomic E-state index is 10.8. The molecule has 1 aromatic heterocycles. The highest BCUT2D eigenvalue weighted by Crippen LogP contribution is 2.16. The molecule has 0 saturated carbocycles. The molecule has 2 heterocycles. The number of piperidine rings is 1. The first-order chi connectivity index (χ1) is 8.66. The summed E-state index contributed by atoms with van der Waals surface area (Å²) >= 11 is 0. The number of carboxylic acids is 1. The lowest BCUT2D eigenvalue weighted by atomic mass is 10.0. The minimum atomic E-state index is -0.959. The second-order valence-electron chi connectivity index (χ2n) is 4.72. The standard InChI is InChI=1S/C13H19NO4/c1-9-12(13(15)16)5-11(18-9)8-17-7-10-3-2-4-14-6-10/h5,10,14H,2-4,6-8H2,1H3,(H,15,16). The molecule has 1 saturated heterocycles. The van der Waals surface area contributed by atoms with E-state index in [1.807, 2.05) is 0 Å². The minimum Gasteiger partial charge on any atom is -0.478 e. The number of ether oxygens (including phenoxy) is 1. The summed E-state index contributed by atoms with van der Waals surface area (Å²) in [7, 11) is 0. The zero-order valence-electron chi connectivity index (χ0n) is 10.6. The fraction of sp³-hybridized carbons (Fsp3) is 0.615. The van der Waals surface area contributed by atoms with Gasteiger partial charge in [-0.15, -0.1) is 0 Å². The van der Waals surface area contributed by atoms with Crippen LogP contribution in [0, 0.1) is 12.8 Å². The van der Waals surface area contributed by atoms with Crippen molar-refractivity contribution < 1.29 is 19.1 Å². The zero-order chi connectivity index (χ0) is 13.0. The first kappa shape index (κ1) is 13.1. The molecule has 1 aromatic rings. The number of nitrogens with one attached hydrogen (secondary N) is 1. The van der Waals surface area contributed by atoms with Gasteiger partial charge in [-0.3, -0.25) is 0 Å². The van der Waals surface area contributed by atoms with E-state index in [2.05, 4.69) is 5.32 Å². The summed E-state index contributed by atoms with van der Waals surface area (Å²) in [5.41, 5.74) is 0.216. The van der Waals surface area contributed by atoms with Gasteiger partial charge in [0.1, 0.15) is 23.7 Å². The highest BCUT2D eigenvalue weighted by molar-refractivity contribution is 5.88. The van der Waals surface area contributed by atoms with Crippen molar-refractivity contribution in [2.75, 3.05) is 19.7 Å². The number of hydrogen-bond donors (Lipinski definition) is 2. The monoisotopic (exact) mass is 253 g/mol. The molecule has 5 heteroatoms. The summed E-state index contributed by atoms with van der Waals surface area (Å²) in [5.74, 6) is 0.599. The van der Waals surface area contributed by atoms with Crippen LogP contribution in [0.25, 0.3) is 0 Å². The van der Waals surface area contributed by atoms with Gasteiger partial charge in [0.15, 0.2) is 0 Å². The number of rotatable bonds is 5. The molecule has 0 aromatic carbocycles. The smallest absolute Gasteiger partial charge is 0.339 e. The quantitative estimate of drug-likeness (QED) is 0.837. The summed E-state index contributed by atoms with van der Waals surface area (Å²) in [6.45, 7) is 4.77. The number of aryl methyl sites for hydroxylation is 1. The van der Waals surface area contributed by atoms with E-state index in [0.717, 1.165) is 13.1 Å². The summed E-state index contributed by atoms with van der Waals surface area (Å²) in [4.78, 5) is 10.8. The van der Waals surface area contributed by atoms with E-state index in [4.69, 9.17) is 14.3 Å². The van der Waals surface area contributed by atoms with E-state index >= 15 is 0 Å². The lowest BCUT2D eigenvalue weighted by molar-refractivity contribution is 0.0673. The van der Waals surface area contributed by atoms with Crippen LogP contribution in [-0.2, 0) is 11.3 Å². The van der Waals surface area contributed by atoms with Gasteiger partial charge in [-0.2, -0.15) is 0 Å². The first-order valence-corrected chi connectivity index (χ1v) is 6.28. The van der Waals surface area contributed by atoms with Gasteiger partial charge < -0.3 is 19.6 Å². The third kappa shape index (κ3) is 3.34. The fourth-order valence-corrected chi connectivity index (χ4v) is 2.22. The Balaban J connectivity index is 1.79. The molecule has 0 amide bonds. The topological polar surface area (TPSA) is 71.7 Å². The second kappa shape index (κ2) is 6.02. The Morgan fingerprint density at radius 2 is 2.50 bits per heavy atom. The summed E-state index contributed by atoms with van der Waals surface area (Å²) in [6, 6.07) is 1.54. The average molecular weight is 253 g/mol. The van der Waals surface area contributed by atoms with Gasteiger partial charge in [-0.1, -0.05) is 0 Å². The van der Waals surface area contributed by atoms with Crippen LogP contribution >= 0.6 is 0 Å². The maximum absolute atomic E-state index is 10.8. The Labute approximate surface area is 106 Å². The van der Waals surface area contributed by atoms with Gasteiger partial charge in [-0.05, 0) is 38.3 Å². The molecule has 1 fully saturated rings. The van der Waals surface area contributed by atoms with Gasteiger partial charge in [0.25, 0.3) is 0 Å². The van der Waals surface area contributed by atoms with E-state index in [1.165, 1.54) is 18.9 Å². The second-order valence-corrected chi connectivity index (χ2v) is 4.72. The van der Waals surface area contributed by atoms with Crippen LogP contribution in [0.1, 0.15) is 34.7 Å². The predicted octanol–water partition coefficient (Wildman–Crippen LogP) is 1.80. The Bertz CT molecular complexity index is 407. The Morgan fingerprint density at radius 3 is 3.11 bits per heavy atom. The van der Waals surface area contributed by atoms with Gasteiger partial charge >= 0.3 is 5.97 Å². The van der Waals surface area contributed by atoms with Gasteiger partial charge in [0.2, 0.25) is 0 Å². The maximum Gasteiger partial charge on any atom is 0.339 e. The van der Waals surface area contributed by atoms with Crippen LogP contribution in [-0.4, -0.2) is 30.8 Å². The van der Waals surface area contributed by atoms with Crippen molar-refractivity contribution in [3.05, 3.63) is 23.2 Å². The third-order valence-corrected chi connectivity index (χ3v) is 3.20. The van der Waals surface area contributed by atoms with Crippen LogP contribution in [0.3, 0.4) is 0 Å². The van der Waals surface area contributed by atoms with E-state index in [-0.39, 0.29) is 5.56 Å². The highest BCUT2D eigenvalue weighted by atomic mass is 16.5. The van der Waals surface area contributed by atoms with Gasteiger partial charge in [-0.25, -0.2) is 4.79 Å². The molecule has 0 bridgehead atoms. The van der Waals surface area contributed by atoms with Crippen molar-refractivity contribution in [3.63, 3.8) is 0 Å². The Morgan fingerprint density at radius 1 is 1.67 bits per heavy atom. The van der Waals surface area contributed by atoms with E-state index in [0.29, 0.717) is 30.7 Å². The average Bonchev–Trinajstić information content (AvgIpc) is 2.72. The van der Waals surface area contributed by atoms with Crippen molar-refractivity contribution in [3.8, 4) is 0 Å². The molecule has 1 aliphatic rings. The largest absolute Gasteiger partial charge is 0.478 e. The first-order valence-electron chi connectivity index (χ1n) is 6.28. The summed E-state index contributed by atoms with van der Waals surface area (Å²) < 4.78 is 10.9. The molecular formula is C13H19NO4. The van der Waals surface area contributed by atoms with Crippen molar-refractivity contribution in [2.24, 2.45) is 5.92 Å². The molecule has 1 aliphatic heterocycles. The molecule has 1 atom stereocenters. The van der Waals surface area contributed by atoms with Crippen LogP contribution in [0.2, 0.25) is 0 Å². The molecule has 0 radical (unpaired) electrons. The lowest BCUT2D eigenvalue weighted by Gasteiger charge is -2.22. The lowest BCUT2D eigenvalue weighted by Crippen LogP contribution is -2.32. The summed E-state index contributed by atoms with van der Waals surface area (Å²) in [5, 5.41) is 12.2.